The van der Waals surface area contributed by atoms with E-state index >= 15 is 0 Å². The van der Waals surface area contributed by atoms with E-state index in [2.05, 4.69) is 4.98 Å². The number of carbonyl (C=O) groups excluding carboxylic acids is 2. The molecule has 0 radical (unpaired) electrons. The Balaban J connectivity index is 2.32. The predicted octanol–water partition coefficient (Wildman–Crippen LogP) is 1.06. The topological polar surface area (TPSA) is 73.3 Å². The summed E-state index contributed by atoms with van der Waals surface area (Å²) in [5.41, 5.74) is 0.806. The Morgan fingerprint density at radius 1 is 1.43 bits per heavy atom. The zero-order chi connectivity index (χ0) is 15.6. The Kier molecular flexibility index (Phi) is 4.74. The normalized spacial score (nSPS) is 18.6. The first kappa shape index (κ1) is 15.7. The van der Waals surface area contributed by atoms with E-state index in [1.807, 2.05) is 0 Å². The number of amides is 1. The quantitative estimate of drug-likeness (QED) is 0.610. The van der Waals surface area contributed by atoms with Gasteiger partial charge in [-0.1, -0.05) is 37.8 Å². The van der Waals surface area contributed by atoms with Crippen LogP contribution in [0, 0.1) is 5.92 Å². The molecule has 0 aromatic carbocycles. The highest BCUT2D eigenvalue weighted by Crippen LogP contribution is 2.35. The molecule has 2 rings (SSSR count). The van der Waals surface area contributed by atoms with E-state index in [0.717, 1.165) is 22.2 Å². The molecule has 110 valence electrons. The highest BCUT2D eigenvalue weighted by Gasteiger charge is 2.38. The maximum atomic E-state index is 12.4. The van der Waals surface area contributed by atoms with E-state index in [4.69, 9.17) is 12.2 Å². The van der Waals surface area contributed by atoms with E-state index < -0.39 is 17.9 Å². The number of aliphatic carboxylic acids is 1. The van der Waals surface area contributed by atoms with E-state index in [1.54, 1.807) is 44.4 Å². The van der Waals surface area contributed by atoms with Gasteiger partial charge in [-0.15, -0.1) is 0 Å². The Labute approximate surface area is 132 Å². The standard InChI is InChI=1S/C14H14N2O3S2/c1-8(2)11(13(18)19)16-12(17)10(21-14(16)20)7-9-3-5-15-6-4-9/h3-8,11H,1-2H3,(H,18,19)/p-1/b10-7-/t11-/m0/s1. The lowest BCUT2D eigenvalue weighted by molar-refractivity contribution is -0.311. The Morgan fingerprint density at radius 2 is 2.05 bits per heavy atom. The number of nitrogens with zero attached hydrogens (tertiary/aromatic N) is 2. The summed E-state index contributed by atoms with van der Waals surface area (Å²) in [6.07, 6.45) is 4.91. The molecule has 0 aliphatic carbocycles. The largest absolute Gasteiger partial charge is 0.548 e. The lowest BCUT2D eigenvalue weighted by Gasteiger charge is -2.30. The number of thiocarbonyl (C=S) groups is 1. The van der Waals surface area contributed by atoms with Gasteiger partial charge in [0.2, 0.25) is 0 Å². The summed E-state index contributed by atoms with van der Waals surface area (Å²) in [6.45, 7) is 3.43. The number of pyridine rings is 1. The van der Waals surface area contributed by atoms with Crippen LogP contribution in [0.4, 0.5) is 0 Å². The summed E-state index contributed by atoms with van der Waals surface area (Å²) >= 11 is 6.25. The van der Waals surface area contributed by atoms with Gasteiger partial charge in [0.1, 0.15) is 4.32 Å². The third-order valence-corrected chi connectivity index (χ3v) is 4.31. The van der Waals surface area contributed by atoms with Crippen LogP contribution in [0.1, 0.15) is 19.4 Å². The molecule has 1 atom stereocenters. The molecule has 0 saturated carbocycles. The number of hydrogen-bond donors (Lipinski definition) is 0. The van der Waals surface area contributed by atoms with Crippen LogP contribution >= 0.6 is 24.0 Å². The number of carboxylic acids is 1. The van der Waals surface area contributed by atoms with Crippen molar-refractivity contribution in [1.29, 1.82) is 0 Å². The fourth-order valence-electron chi connectivity index (χ4n) is 2.01. The number of carbonyl (C=O) groups is 2. The van der Waals surface area contributed by atoms with E-state index in [9.17, 15) is 14.7 Å². The summed E-state index contributed by atoms with van der Waals surface area (Å²) in [5, 5.41) is 11.3. The van der Waals surface area contributed by atoms with Crippen molar-refractivity contribution in [1.82, 2.24) is 9.88 Å². The average molecular weight is 321 g/mol. The molecule has 1 saturated heterocycles. The van der Waals surface area contributed by atoms with Crippen LogP contribution in [-0.4, -0.2) is 32.1 Å². The van der Waals surface area contributed by atoms with Gasteiger partial charge in [0.05, 0.1) is 16.9 Å². The zero-order valence-corrected chi connectivity index (χ0v) is 13.1. The number of thioether (sulfide) groups is 1. The summed E-state index contributed by atoms with van der Waals surface area (Å²) in [5.74, 6) is -1.99. The molecule has 0 spiro atoms. The molecule has 1 fully saturated rings. The highest BCUT2D eigenvalue weighted by atomic mass is 32.2. The van der Waals surface area contributed by atoms with Crippen LogP contribution in [0.25, 0.3) is 6.08 Å². The minimum Gasteiger partial charge on any atom is -0.548 e. The molecule has 2 heterocycles. The van der Waals surface area contributed by atoms with Gasteiger partial charge in [-0.2, -0.15) is 0 Å². The van der Waals surface area contributed by atoms with Crippen molar-refractivity contribution in [3.05, 3.63) is 35.0 Å². The molecule has 7 heteroatoms. The number of hydrogen-bond acceptors (Lipinski definition) is 6. The lowest BCUT2D eigenvalue weighted by atomic mass is 10.0. The Morgan fingerprint density at radius 3 is 2.57 bits per heavy atom. The van der Waals surface area contributed by atoms with E-state index in [0.29, 0.717) is 4.91 Å². The summed E-state index contributed by atoms with van der Waals surface area (Å²) < 4.78 is 0.239. The first-order chi connectivity index (χ1) is 9.91. The van der Waals surface area contributed by atoms with Gasteiger partial charge < -0.3 is 9.90 Å². The second kappa shape index (κ2) is 6.36. The minimum absolute atomic E-state index is 0.239. The van der Waals surface area contributed by atoms with Crippen LogP contribution in [-0.2, 0) is 9.59 Å². The van der Waals surface area contributed by atoms with Crippen molar-refractivity contribution in [2.45, 2.75) is 19.9 Å². The molecule has 1 aromatic rings. The second-order valence-electron chi connectivity index (χ2n) is 4.84. The molecule has 1 amide bonds. The number of aromatic nitrogens is 1. The molecule has 0 N–H and O–H groups in total. The molecular weight excluding hydrogens is 308 g/mol. The van der Waals surface area contributed by atoms with Crippen LogP contribution in [0.5, 0.6) is 0 Å². The van der Waals surface area contributed by atoms with Gasteiger partial charge in [0.25, 0.3) is 5.91 Å². The van der Waals surface area contributed by atoms with E-state index in [1.165, 1.54) is 0 Å². The fraction of sp³-hybridized carbons (Fsp3) is 0.286. The van der Waals surface area contributed by atoms with Gasteiger partial charge in [-0.05, 0) is 29.7 Å². The average Bonchev–Trinajstić information content (AvgIpc) is 2.67. The van der Waals surface area contributed by atoms with Gasteiger partial charge in [0, 0.05) is 12.4 Å². The van der Waals surface area contributed by atoms with Crippen LogP contribution in [0.2, 0.25) is 0 Å². The summed E-state index contributed by atoms with van der Waals surface area (Å²) in [6, 6.07) is 2.46. The van der Waals surface area contributed by atoms with Crippen LogP contribution in [0.3, 0.4) is 0 Å². The van der Waals surface area contributed by atoms with Crippen molar-refractivity contribution in [3.8, 4) is 0 Å². The van der Waals surface area contributed by atoms with Crippen LogP contribution in [0.15, 0.2) is 29.4 Å². The highest BCUT2D eigenvalue weighted by molar-refractivity contribution is 8.26. The molecule has 0 unspecified atom stereocenters. The molecular formula is C14H13N2O3S2-. The second-order valence-corrected chi connectivity index (χ2v) is 6.52. The molecule has 21 heavy (non-hydrogen) atoms. The zero-order valence-electron chi connectivity index (χ0n) is 11.5. The lowest BCUT2D eigenvalue weighted by Crippen LogP contribution is -2.52. The van der Waals surface area contributed by atoms with Gasteiger partial charge in [0.15, 0.2) is 0 Å². The fourth-order valence-corrected chi connectivity index (χ4v) is 3.34. The predicted molar refractivity (Wildman–Crippen MR) is 82.9 cm³/mol. The Bertz CT molecular complexity index is 614. The molecule has 1 aromatic heterocycles. The van der Waals surface area contributed by atoms with Gasteiger partial charge in [-0.3, -0.25) is 14.7 Å². The van der Waals surface area contributed by atoms with Crippen molar-refractivity contribution in [2.75, 3.05) is 0 Å². The minimum atomic E-state index is -1.30. The monoisotopic (exact) mass is 321 g/mol. The maximum absolute atomic E-state index is 12.4. The van der Waals surface area contributed by atoms with Gasteiger partial charge in [-0.25, -0.2) is 0 Å². The number of carboxylic acid groups (broad SMARTS) is 1. The first-order valence-electron chi connectivity index (χ1n) is 6.29. The van der Waals surface area contributed by atoms with Crippen molar-refractivity contribution >= 4 is 46.3 Å². The van der Waals surface area contributed by atoms with Crippen molar-refractivity contribution < 1.29 is 14.7 Å². The Hall–Kier alpha value is -1.73. The smallest absolute Gasteiger partial charge is 0.266 e. The molecule has 1 aliphatic heterocycles. The first-order valence-corrected chi connectivity index (χ1v) is 7.52. The van der Waals surface area contributed by atoms with Crippen molar-refractivity contribution in [2.24, 2.45) is 5.92 Å². The third kappa shape index (κ3) is 3.30. The third-order valence-electron chi connectivity index (χ3n) is 2.98. The van der Waals surface area contributed by atoms with E-state index in [-0.39, 0.29) is 10.2 Å². The van der Waals surface area contributed by atoms with Crippen molar-refractivity contribution in [3.63, 3.8) is 0 Å². The molecule has 0 bridgehead atoms. The summed E-state index contributed by atoms with van der Waals surface area (Å²) in [7, 11) is 0. The van der Waals surface area contributed by atoms with Crippen LogP contribution < -0.4 is 5.11 Å². The summed E-state index contributed by atoms with van der Waals surface area (Å²) in [4.78, 5) is 29.1. The molecule has 5 nitrogen and oxygen atoms in total. The number of rotatable bonds is 4. The van der Waals surface area contributed by atoms with Gasteiger partial charge >= 0.3 is 0 Å². The maximum Gasteiger partial charge on any atom is 0.266 e. The molecule has 1 aliphatic rings. The SMILES string of the molecule is CC(C)[C@@H](C(=O)[O-])N1C(=O)/C(=C/c2ccncc2)SC1=S.